The molecule has 0 fully saturated rings. The molecule has 88 valence electrons. The van der Waals surface area contributed by atoms with E-state index in [-0.39, 0.29) is 6.04 Å². The molecule has 1 N–H and O–H groups in total. The molecule has 17 heavy (non-hydrogen) atoms. The molecular weight excluding hydrogens is 210 g/mol. The molecule has 0 aliphatic rings. The van der Waals surface area contributed by atoms with Gasteiger partial charge in [0, 0.05) is 5.69 Å². The predicted octanol–water partition coefficient (Wildman–Crippen LogP) is 4.32. The standard InChI is InChI=1S/C15H17NO/c1-3-7-14(15-11-10-12(2)17-15)16-13-8-5-4-6-9-13/h3-6,8-11,14,16H,1,7H2,2H3. The van der Waals surface area contributed by atoms with Crippen LogP contribution in [0.15, 0.2) is 59.5 Å². The van der Waals surface area contributed by atoms with E-state index in [4.69, 9.17) is 4.42 Å². The average molecular weight is 227 g/mol. The van der Waals surface area contributed by atoms with Gasteiger partial charge in [-0.05, 0) is 37.6 Å². The average Bonchev–Trinajstić information content (AvgIpc) is 2.77. The van der Waals surface area contributed by atoms with Gasteiger partial charge in [0.1, 0.15) is 11.5 Å². The van der Waals surface area contributed by atoms with Crippen molar-refractivity contribution in [3.63, 3.8) is 0 Å². The fourth-order valence-electron chi connectivity index (χ4n) is 1.79. The van der Waals surface area contributed by atoms with Crippen LogP contribution in [0.1, 0.15) is 24.0 Å². The molecule has 1 aromatic carbocycles. The first-order chi connectivity index (χ1) is 8.29. The molecular formula is C15H17NO. The van der Waals surface area contributed by atoms with Gasteiger partial charge in [-0.1, -0.05) is 24.3 Å². The summed E-state index contributed by atoms with van der Waals surface area (Å²) in [7, 11) is 0. The third kappa shape index (κ3) is 3.00. The third-order valence-electron chi connectivity index (χ3n) is 2.62. The second-order valence-electron chi connectivity index (χ2n) is 4.04. The van der Waals surface area contributed by atoms with E-state index in [9.17, 15) is 0 Å². The van der Waals surface area contributed by atoms with E-state index in [0.29, 0.717) is 0 Å². The van der Waals surface area contributed by atoms with Gasteiger partial charge in [0.15, 0.2) is 0 Å². The minimum Gasteiger partial charge on any atom is -0.464 e. The number of hydrogen-bond donors (Lipinski definition) is 1. The Morgan fingerprint density at radius 3 is 2.59 bits per heavy atom. The number of para-hydroxylation sites is 1. The lowest BCUT2D eigenvalue weighted by atomic mass is 10.1. The molecule has 0 aliphatic heterocycles. The van der Waals surface area contributed by atoms with Gasteiger partial charge in [-0.25, -0.2) is 0 Å². The molecule has 1 heterocycles. The summed E-state index contributed by atoms with van der Waals surface area (Å²) in [4.78, 5) is 0. The van der Waals surface area contributed by atoms with Crippen molar-refractivity contribution in [2.75, 3.05) is 5.32 Å². The Labute approximate surface area is 102 Å². The van der Waals surface area contributed by atoms with E-state index in [0.717, 1.165) is 23.6 Å². The van der Waals surface area contributed by atoms with E-state index >= 15 is 0 Å². The van der Waals surface area contributed by atoms with Crippen LogP contribution >= 0.6 is 0 Å². The molecule has 2 heteroatoms. The minimum absolute atomic E-state index is 0.142. The lowest BCUT2D eigenvalue weighted by Crippen LogP contribution is -2.08. The zero-order valence-corrected chi connectivity index (χ0v) is 10.0. The monoisotopic (exact) mass is 227 g/mol. The molecule has 0 saturated heterocycles. The second-order valence-corrected chi connectivity index (χ2v) is 4.04. The summed E-state index contributed by atoms with van der Waals surface area (Å²) < 4.78 is 5.66. The van der Waals surface area contributed by atoms with Gasteiger partial charge in [-0.15, -0.1) is 6.58 Å². The van der Waals surface area contributed by atoms with E-state index in [2.05, 4.69) is 11.9 Å². The van der Waals surface area contributed by atoms with Crippen LogP contribution in [0.25, 0.3) is 0 Å². The normalized spacial score (nSPS) is 12.1. The molecule has 0 aliphatic carbocycles. The Morgan fingerprint density at radius 1 is 1.24 bits per heavy atom. The van der Waals surface area contributed by atoms with Crippen molar-refractivity contribution < 1.29 is 4.42 Å². The molecule has 0 radical (unpaired) electrons. The molecule has 2 aromatic rings. The summed E-state index contributed by atoms with van der Waals surface area (Å²) >= 11 is 0. The van der Waals surface area contributed by atoms with Crippen molar-refractivity contribution in [2.45, 2.75) is 19.4 Å². The summed E-state index contributed by atoms with van der Waals surface area (Å²) in [6, 6.07) is 14.3. The number of benzene rings is 1. The van der Waals surface area contributed by atoms with Crippen molar-refractivity contribution >= 4 is 5.69 Å². The topological polar surface area (TPSA) is 25.2 Å². The summed E-state index contributed by atoms with van der Waals surface area (Å²) in [6.45, 7) is 5.75. The maximum atomic E-state index is 5.66. The Balaban J connectivity index is 2.15. The summed E-state index contributed by atoms with van der Waals surface area (Å²) in [5.41, 5.74) is 1.09. The largest absolute Gasteiger partial charge is 0.464 e. The second kappa shape index (κ2) is 5.39. The lowest BCUT2D eigenvalue weighted by molar-refractivity contribution is 0.458. The van der Waals surface area contributed by atoms with Gasteiger partial charge in [0.2, 0.25) is 0 Å². The first kappa shape index (κ1) is 11.5. The third-order valence-corrected chi connectivity index (χ3v) is 2.62. The van der Waals surface area contributed by atoms with Crippen LogP contribution in [0, 0.1) is 6.92 Å². The van der Waals surface area contributed by atoms with Gasteiger partial charge in [-0.3, -0.25) is 0 Å². The first-order valence-corrected chi connectivity index (χ1v) is 5.78. The highest BCUT2D eigenvalue weighted by Crippen LogP contribution is 2.24. The van der Waals surface area contributed by atoms with Crippen molar-refractivity contribution in [3.05, 3.63) is 66.6 Å². The van der Waals surface area contributed by atoms with Crippen molar-refractivity contribution in [3.8, 4) is 0 Å². The maximum absolute atomic E-state index is 5.66. The number of nitrogens with one attached hydrogen (secondary N) is 1. The Bertz CT molecular complexity index is 473. The van der Waals surface area contributed by atoms with Gasteiger partial charge in [-0.2, -0.15) is 0 Å². The molecule has 0 amide bonds. The summed E-state index contributed by atoms with van der Waals surface area (Å²) in [5.74, 6) is 1.88. The SMILES string of the molecule is C=CCC(Nc1ccccc1)c1ccc(C)o1. The van der Waals surface area contributed by atoms with Crippen molar-refractivity contribution in [2.24, 2.45) is 0 Å². The smallest absolute Gasteiger partial charge is 0.126 e. The van der Waals surface area contributed by atoms with E-state index in [1.165, 1.54) is 0 Å². The van der Waals surface area contributed by atoms with Crippen LogP contribution in [0.3, 0.4) is 0 Å². The van der Waals surface area contributed by atoms with Crippen LogP contribution in [-0.4, -0.2) is 0 Å². The number of hydrogen-bond acceptors (Lipinski definition) is 2. The molecule has 2 nitrogen and oxygen atoms in total. The quantitative estimate of drug-likeness (QED) is 0.770. The van der Waals surface area contributed by atoms with Crippen molar-refractivity contribution in [1.82, 2.24) is 0 Å². The van der Waals surface area contributed by atoms with Gasteiger partial charge in [0.05, 0.1) is 6.04 Å². The Hall–Kier alpha value is -1.96. The van der Waals surface area contributed by atoms with Crippen LogP contribution < -0.4 is 5.32 Å². The zero-order valence-electron chi connectivity index (χ0n) is 10.0. The minimum atomic E-state index is 0.142. The van der Waals surface area contributed by atoms with E-state index < -0.39 is 0 Å². The molecule has 1 aromatic heterocycles. The fourth-order valence-corrected chi connectivity index (χ4v) is 1.79. The van der Waals surface area contributed by atoms with Crippen LogP contribution in [0.4, 0.5) is 5.69 Å². The highest BCUT2D eigenvalue weighted by atomic mass is 16.3. The predicted molar refractivity (Wildman–Crippen MR) is 71.1 cm³/mol. The van der Waals surface area contributed by atoms with E-state index in [1.807, 2.05) is 55.5 Å². The zero-order chi connectivity index (χ0) is 12.1. The van der Waals surface area contributed by atoms with E-state index in [1.54, 1.807) is 0 Å². The van der Waals surface area contributed by atoms with Gasteiger partial charge in [0.25, 0.3) is 0 Å². The number of aryl methyl sites for hydroxylation is 1. The lowest BCUT2D eigenvalue weighted by Gasteiger charge is -2.16. The number of anilines is 1. The van der Waals surface area contributed by atoms with Crippen LogP contribution in [0.5, 0.6) is 0 Å². The molecule has 1 unspecified atom stereocenters. The van der Waals surface area contributed by atoms with Crippen molar-refractivity contribution in [1.29, 1.82) is 0 Å². The van der Waals surface area contributed by atoms with Crippen LogP contribution in [-0.2, 0) is 0 Å². The first-order valence-electron chi connectivity index (χ1n) is 5.78. The molecule has 0 saturated carbocycles. The van der Waals surface area contributed by atoms with Gasteiger partial charge < -0.3 is 9.73 Å². The molecule has 0 bridgehead atoms. The highest BCUT2D eigenvalue weighted by Gasteiger charge is 2.13. The highest BCUT2D eigenvalue weighted by molar-refractivity contribution is 5.44. The Morgan fingerprint density at radius 2 is 2.00 bits per heavy atom. The Kier molecular flexibility index (Phi) is 3.66. The number of rotatable bonds is 5. The maximum Gasteiger partial charge on any atom is 0.126 e. The number of furan rings is 1. The molecule has 0 spiro atoms. The fraction of sp³-hybridized carbons (Fsp3) is 0.200. The summed E-state index contributed by atoms with van der Waals surface area (Å²) in [6.07, 6.45) is 2.74. The molecule has 1 atom stereocenters. The molecule has 2 rings (SSSR count). The summed E-state index contributed by atoms with van der Waals surface area (Å²) in [5, 5.41) is 3.44. The van der Waals surface area contributed by atoms with Gasteiger partial charge >= 0.3 is 0 Å². The van der Waals surface area contributed by atoms with Crippen LogP contribution in [0.2, 0.25) is 0 Å².